The molecule has 4 fully saturated rings. The second-order valence-corrected chi connectivity index (χ2v) is 8.98. The van der Waals surface area contributed by atoms with Gasteiger partial charge in [0.2, 0.25) is 11.8 Å². The zero-order valence-electron chi connectivity index (χ0n) is 16.8. The van der Waals surface area contributed by atoms with E-state index in [-0.39, 0.29) is 22.8 Å². The van der Waals surface area contributed by atoms with Gasteiger partial charge in [-0.15, -0.1) is 0 Å². The van der Waals surface area contributed by atoms with Crippen molar-refractivity contribution in [1.82, 2.24) is 10.6 Å². The van der Waals surface area contributed by atoms with E-state index in [4.69, 9.17) is 9.47 Å². The summed E-state index contributed by atoms with van der Waals surface area (Å²) in [5, 5.41) is 6.31. The van der Waals surface area contributed by atoms with Crippen LogP contribution in [0.15, 0.2) is 24.3 Å². The Bertz CT molecular complexity index is 731. The van der Waals surface area contributed by atoms with Gasteiger partial charge in [-0.1, -0.05) is 0 Å². The molecule has 2 N–H and O–H groups in total. The normalized spacial score (nSPS) is 32.6. The van der Waals surface area contributed by atoms with Crippen molar-refractivity contribution in [3.8, 4) is 11.5 Å². The Balaban J connectivity index is 1.33. The summed E-state index contributed by atoms with van der Waals surface area (Å²) in [6, 6.07) is 7.42. The molecule has 2 amide bonds. The Labute approximate surface area is 166 Å². The molecule has 6 nitrogen and oxygen atoms in total. The van der Waals surface area contributed by atoms with Gasteiger partial charge in [-0.2, -0.15) is 0 Å². The number of carbonyl (C=O) groups excluding carboxylic acids is 2. The van der Waals surface area contributed by atoms with Gasteiger partial charge in [-0.25, -0.2) is 0 Å². The van der Waals surface area contributed by atoms with Gasteiger partial charge in [-0.3, -0.25) is 9.59 Å². The van der Waals surface area contributed by atoms with Gasteiger partial charge < -0.3 is 20.1 Å². The van der Waals surface area contributed by atoms with E-state index in [1.54, 1.807) is 14.0 Å². The molecule has 28 heavy (non-hydrogen) atoms. The molecule has 0 heterocycles. The minimum Gasteiger partial charge on any atom is -0.497 e. The largest absolute Gasteiger partial charge is 0.497 e. The lowest BCUT2D eigenvalue weighted by Gasteiger charge is -2.61. The highest BCUT2D eigenvalue weighted by Crippen LogP contribution is 2.61. The molecule has 0 saturated heterocycles. The third kappa shape index (κ3) is 3.69. The minimum atomic E-state index is -0.327. The van der Waals surface area contributed by atoms with Gasteiger partial charge in [0.15, 0.2) is 0 Å². The maximum atomic E-state index is 13.1. The van der Waals surface area contributed by atoms with Gasteiger partial charge in [0, 0.05) is 12.5 Å². The Kier molecular flexibility index (Phi) is 4.98. The lowest BCUT2D eigenvalue weighted by Crippen LogP contribution is -2.65. The number of ether oxygens (including phenoxy) is 2. The average Bonchev–Trinajstić information content (AvgIpc) is 2.63. The topological polar surface area (TPSA) is 76.7 Å². The molecule has 4 aliphatic carbocycles. The average molecular weight is 386 g/mol. The summed E-state index contributed by atoms with van der Waals surface area (Å²) in [6.07, 6.45) is 5.94. The highest BCUT2D eigenvalue weighted by atomic mass is 16.5. The van der Waals surface area contributed by atoms with Crippen LogP contribution in [0.1, 0.15) is 45.4 Å². The third-order valence-corrected chi connectivity index (χ3v) is 6.70. The van der Waals surface area contributed by atoms with E-state index in [1.807, 2.05) is 24.3 Å². The summed E-state index contributed by atoms with van der Waals surface area (Å²) in [5.74, 6) is 2.80. The summed E-state index contributed by atoms with van der Waals surface area (Å²) < 4.78 is 10.9. The van der Waals surface area contributed by atoms with Crippen molar-refractivity contribution < 1.29 is 19.1 Å². The minimum absolute atomic E-state index is 0.0189. The molecule has 0 aliphatic heterocycles. The predicted molar refractivity (Wildman–Crippen MR) is 105 cm³/mol. The Hall–Kier alpha value is -2.24. The van der Waals surface area contributed by atoms with Crippen LogP contribution in [0.25, 0.3) is 0 Å². The fourth-order valence-electron chi connectivity index (χ4n) is 6.24. The van der Waals surface area contributed by atoms with E-state index < -0.39 is 0 Å². The van der Waals surface area contributed by atoms with E-state index in [0.29, 0.717) is 25.0 Å². The van der Waals surface area contributed by atoms with Crippen LogP contribution >= 0.6 is 0 Å². The van der Waals surface area contributed by atoms with Crippen LogP contribution in [0.5, 0.6) is 11.5 Å². The Morgan fingerprint density at radius 3 is 2.32 bits per heavy atom. The van der Waals surface area contributed by atoms with Crippen LogP contribution in [0.2, 0.25) is 0 Å². The number of carbonyl (C=O) groups is 2. The molecular formula is C22H30N2O4. The van der Waals surface area contributed by atoms with Gasteiger partial charge in [0.1, 0.15) is 18.1 Å². The second-order valence-electron chi connectivity index (χ2n) is 8.98. The number of hydrogen-bond acceptors (Lipinski definition) is 4. The van der Waals surface area contributed by atoms with Crippen molar-refractivity contribution >= 4 is 11.8 Å². The number of benzene rings is 1. The maximum Gasteiger partial charge on any atom is 0.226 e. The first-order valence-electron chi connectivity index (χ1n) is 10.3. The third-order valence-electron chi connectivity index (χ3n) is 6.70. The van der Waals surface area contributed by atoms with Gasteiger partial charge in [0.05, 0.1) is 19.1 Å². The second kappa shape index (κ2) is 7.30. The van der Waals surface area contributed by atoms with Gasteiger partial charge >= 0.3 is 0 Å². The molecule has 0 aromatic heterocycles. The fourth-order valence-corrected chi connectivity index (χ4v) is 6.24. The molecule has 5 rings (SSSR count). The highest BCUT2D eigenvalue weighted by molar-refractivity contribution is 5.84. The maximum absolute atomic E-state index is 13.1. The Morgan fingerprint density at radius 1 is 1.07 bits per heavy atom. The van der Waals surface area contributed by atoms with E-state index in [2.05, 4.69) is 10.6 Å². The first-order chi connectivity index (χ1) is 13.4. The van der Waals surface area contributed by atoms with Crippen LogP contribution in [0, 0.1) is 17.3 Å². The van der Waals surface area contributed by atoms with Crippen LogP contribution in [0.4, 0.5) is 0 Å². The van der Waals surface area contributed by atoms with E-state index in [9.17, 15) is 9.59 Å². The predicted octanol–water partition coefficient (Wildman–Crippen LogP) is 2.67. The summed E-state index contributed by atoms with van der Waals surface area (Å²) in [7, 11) is 1.63. The molecule has 4 aliphatic rings. The molecule has 0 spiro atoms. The molecule has 4 bridgehead atoms. The monoisotopic (exact) mass is 386 g/mol. The molecule has 6 heteroatoms. The number of rotatable bonds is 7. The smallest absolute Gasteiger partial charge is 0.226 e. The number of methoxy groups -OCH3 is 1. The van der Waals surface area contributed by atoms with Crippen LogP contribution < -0.4 is 20.1 Å². The lowest BCUT2D eigenvalue weighted by molar-refractivity contribution is -0.153. The van der Waals surface area contributed by atoms with Crippen molar-refractivity contribution in [2.24, 2.45) is 17.3 Å². The van der Waals surface area contributed by atoms with Crippen LogP contribution in [-0.4, -0.2) is 37.6 Å². The number of nitrogens with one attached hydrogen (secondary N) is 2. The number of amides is 2. The zero-order chi connectivity index (χ0) is 19.8. The Morgan fingerprint density at radius 2 is 1.71 bits per heavy atom. The van der Waals surface area contributed by atoms with E-state index >= 15 is 0 Å². The first kappa shape index (κ1) is 19.1. The standard InChI is InChI=1S/C22H30N2O4/c1-15(25)24-22-12-16-9-17(13-22)11-21(10-16,14-22)20(26)23-7-8-28-19-5-3-18(27-2)4-6-19/h3-6,16-17H,7-14H2,1-2H3,(H,23,26)(H,24,25)/t16-,17-,21?,22?/m0/s1. The van der Waals surface area contributed by atoms with Gasteiger partial charge in [-0.05, 0) is 74.6 Å². The molecule has 4 saturated carbocycles. The zero-order valence-corrected chi connectivity index (χ0v) is 16.8. The van der Waals surface area contributed by atoms with Crippen LogP contribution in [-0.2, 0) is 9.59 Å². The van der Waals surface area contributed by atoms with Crippen LogP contribution in [0.3, 0.4) is 0 Å². The molecular weight excluding hydrogens is 356 g/mol. The molecule has 2 atom stereocenters. The van der Waals surface area contributed by atoms with Gasteiger partial charge in [0.25, 0.3) is 0 Å². The quantitative estimate of drug-likeness (QED) is 0.707. The molecule has 1 aromatic carbocycles. The molecule has 152 valence electrons. The first-order valence-corrected chi connectivity index (χ1v) is 10.3. The summed E-state index contributed by atoms with van der Waals surface area (Å²) >= 11 is 0. The van der Waals surface area contributed by atoms with E-state index in [1.165, 1.54) is 6.42 Å². The summed E-state index contributed by atoms with van der Waals surface area (Å²) in [6.45, 7) is 2.49. The molecule has 1 aromatic rings. The highest BCUT2D eigenvalue weighted by Gasteiger charge is 2.60. The van der Waals surface area contributed by atoms with Crippen molar-refractivity contribution in [3.05, 3.63) is 24.3 Å². The molecule has 0 radical (unpaired) electrons. The van der Waals surface area contributed by atoms with Crippen molar-refractivity contribution in [3.63, 3.8) is 0 Å². The van der Waals surface area contributed by atoms with E-state index in [0.717, 1.165) is 43.6 Å². The van der Waals surface area contributed by atoms with Crippen molar-refractivity contribution in [2.75, 3.05) is 20.3 Å². The lowest BCUT2D eigenvalue weighted by atomic mass is 9.46. The molecule has 0 unspecified atom stereocenters. The number of hydrogen-bond donors (Lipinski definition) is 2. The summed E-state index contributed by atoms with van der Waals surface area (Å²) in [5.41, 5.74) is -0.500. The summed E-state index contributed by atoms with van der Waals surface area (Å²) in [4.78, 5) is 24.9. The van der Waals surface area contributed by atoms with Crippen molar-refractivity contribution in [1.29, 1.82) is 0 Å². The van der Waals surface area contributed by atoms with Crippen molar-refractivity contribution in [2.45, 2.75) is 51.0 Å². The SMILES string of the molecule is COc1ccc(OCCNC(=O)C23C[C@@H]4C[C@H](CC(NC(C)=O)(C4)C2)C3)cc1. The fraction of sp³-hybridized carbons (Fsp3) is 0.636.